The van der Waals surface area contributed by atoms with Gasteiger partial charge in [0.2, 0.25) is 5.95 Å². The highest BCUT2D eigenvalue weighted by atomic mass is 16.1. The second-order valence-electron chi connectivity index (χ2n) is 3.71. The van der Waals surface area contributed by atoms with E-state index in [-0.39, 0.29) is 0 Å². The third-order valence-electron chi connectivity index (χ3n) is 2.45. The Kier molecular flexibility index (Phi) is 2.76. The van der Waals surface area contributed by atoms with Gasteiger partial charge in [0.15, 0.2) is 6.29 Å². The molecule has 15 heavy (non-hydrogen) atoms. The minimum absolute atomic E-state index is 0.509. The van der Waals surface area contributed by atoms with E-state index in [1.165, 1.54) is 5.57 Å². The fourth-order valence-electron chi connectivity index (χ4n) is 1.67. The summed E-state index contributed by atoms with van der Waals surface area (Å²) in [5.74, 6) is 0.682. The average molecular weight is 203 g/mol. The number of carbonyl (C=O) groups is 1. The Morgan fingerprint density at radius 3 is 2.73 bits per heavy atom. The number of anilines is 1. The van der Waals surface area contributed by atoms with Crippen molar-refractivity contribution in [1.29, 1.82) is 0 Å². The number of aromatic nitrogens is 2. The van der Waals surface area contributed by atoms with Crippen molar-refractivity contribution in [2.24, 2.45) is 0 Å². The molecule has 1 fully saturated rings. The molecule has 4 nitrogen and oxygen atoms in total. The van der Waals surface area contributed by atoms with Crippen LogP contribution >= 0.6 is 0 Å². The lowest BCUT2D eigenvalue weighted by Crippen LogP contribution is -2.32. The van der Waals surface area contributed by atoms with Crippen molar-refractivity contribution < 1.29 is 4.79 Å². The molecule has 0 bridgehead atoms. The number of carbonyl (C=O) groups excluding carboxylic acids is 1. The predicted molar refractivity (Wildman–Crippen MR) is 58.0 cm³/mol. The normalized spacial score (nSPS) is 16.5. The summed E-state index contributed by atoms with van der Waals surface area (Å²) < 4.78 is 0. The topological polar surface area (TPSA) is 46.1 Å². The molecular weight excluding hydrogens is 190 g/mol. The summed E-state index contributed by atoms with van der Waals surface area (Å²) in [5, 5.41) is 0. The maximum Gasteiger partial charge on any atom is 0.225 e. The Morgan fingerprint density at radius 1 is 1.40 bits per heavy atom. The van der Waals surface area contributed by atoms with Crippen LogP contribution in [-0.2, 0) is 0 Å². The van der Waals surface area contributed by atoms with Crippen LogP contribution < -0.4 is 4.90 Å². The first-order chi connectivity index (χ1) is 7.29. The molecule has 2 heterocycles. The summed E-state index contributed by atoms with van der Waals surface area (Å²) in [5.41, 5.74) is 1.72. The molecule has 2 rings (SSSR count). The minimum Gasteiger partial charge on any atom is -0.337 e. The molecule has 0 atom stereocenters. The van der Waals surface area contributed by atoms with E-state index in [2.05, 4.69) is 21.4 Å². The smallest absolute Gasteiger partial charge is 0.225 e. The van der Waals surface area contributed by atoms with Crippen molar-refractivity contribution in [3.63, 3.8) is 0 Å². The van der Waals surface area contributed by atoms with E-state index in [0.717, 1.165) is 32.2 Å². The van der Waals surface area contributed by atoms with Gasteiger partial charge in [-0.15, -0.1) is 0 Å². The zero-order chi connectivity index (χ0) is 10.7. The van der Waals surface area contributed by atoms with Crippen molar-refractivity contribution in [1.82, 2.24) is 9.97 Å². The van der Waals surface area contributed by atoms with Gasteiger partial charge in [-0.05, 0) is 12.8 Å². The van der Waals surface area contributed by atoms with E-state index >= 15 is 0 Å². The Bertz CT molecular complexity index is 372. The molecule has 0 aromatic carbocycles. The predicted octanol–water partition coefficient (Wildman–Crippen LogP) is 1.45. The van der Waals surface area contributed by atoms with E-state index in [9.17, 15) is 4.79 Å². The van der Waals surface area contributed by atoms with Crippen LogP contribution in [-0.4, -0.2) is 29.3 Å². The fourth-order valence-corrected chi connectivity index (χ4v) is 1.67. The van der Waals surface area contributed by atoms with Gasteiger partial charge in [0.05, 0.1) is 5.56 Å². The summed E-state index contributed by atoms with van der Waals surface area (Å²) >= 11 is 0. The van der Waals surface area contributed by atoms with Gasteiger partial charge >= 0.3 is 0 Å². The standard InChI is InChI=1S/C11H13N3O/c1-9-3-2-4-14(7-9)11-12-5-10(8-15)6-13-11/h5-6,8H,1-4,7H2. The molecule has 0 N–H and O–H groups in total. The maximum absolute atomic E-state index is 10.4. The van der Waals surface area contributed by atoms with Gasteiger partial charge in [0.1, 0.15) is 0 Å². The van der Waals surface area contributed by atoms with Gasteiger partial charge in [-0.1, -0.05) is 12.2 Å². The van der Waals surface area contributed by atoms with Gasteiger partial charge in [-0.2, -0.15) is 0 Å². The van der Waals surface area contributed by atoms with Crippen LogP contribution in [0.2, 0.25) is 0 Å². The molecular formula is C11H13N3O. The SMILES string of the molecule is C=C1CCCN(c2ncc(C=O)cn2)C1. The first-order valence-corrected chi connectivity index (χ1v) is 4.98. The van der Waals surface area contributed by atoms with Crippen LogP contribution in [0.25, 0.3) is 0 Å². The van der Waals surface area contributed by atoms with Gasteiger partial charge in [-0.3, -0.25) is 4.79 Å². The third-order valence-corrected chi connectivity index (χ3v) is 2.45. The van der Waals surface area contributed by atoms with E-state index < -0.39 is 0 Å². The highest BCUT2D eigenvalue weighted by Gasteiger charge is 2.15. The van der Waals surface area contributed by atoms with E-state index in [1.54, 1.807) is 12.4 Å². The van der Waals surface area contributed by atoms with E-state index in [0.29, 0.717) is 11.5 Å². The molecule has 4 heteroatoms. The molecule has 1 aromatic heterocycles. The van der Waals surface area contributed by atoms with Crippen LogP contribution in [0.15, 0.2) is 24.5 Å². The van der Waals surface area contributed by atoms with Crippen molar-refractivity contribution in [2.75, 3.05) is 18.0 Å². The number of aldehydes is 1. The lowest BCUT2D eigenvalue weighted by molar-refractivity contribution is 0.112. The van der Waals surface area contributed by atoms with Crippen LogP contribution in [0, 0.1) is 0 Å². The Balaban J connectivity index is 2.14. The summed E-state index contributed by atoms with van der Waals surface area (Å²) in [4.78, 5) is 20.8. The van der Waals surface area contributed by atoms with Crippen LogP contribution in [0.5, 0.6) is 0 Å². The number of rotatable bonds is 2. The summed E-state index contributed by atoms with van der Waals surface area (Å²) in [6, 6.07) is 0. The summed E-state index contributed by atoms with van der Waals surface area (Å²) in [7, 11) is 0. The molecule has 1 saturated heterocycles. The van der Waals surface area contributed by atoms with Gasteiger partial charge in [0, 0.05) is 25.5 Å². The van der Waals surface area contributed by atoms with Gasteiger partial charge in [-0.25, -0.2) is 9.97 Å². The second kappa shape index (κ2) is 4.21. The lowest BCUT2D eigenvalue weighted by atomic mass is 10.1. The van der Waals surface area contributed by atoms with Crippen molar-refractivity contribution in [2.45, 2.75) is 12.8 Å². The van der Waals surface area contributed by atoms with Crippen LogP contribution in [0.4, 0.5) is 5.95 Å². The Labute approximate surface area is 88.7 Å². The molecule has 0 unspecified atom stereocenters. The summed E-state index contributed by atoms with van der Waals surface area (Å²) in [6.45, 7) is 5.75. The maximum atomic E-state index is 10.4. The molecule has 0 radical (unpaired) electrons. The fraction of sp³-hybridized carbons (Fsp3) is 0.364. The second-order valence-corrected chi connectivity index (χ2v) is 3.71. The van der Waals surface area contributed by atoms with Gasteiger partial charge < -0.3 is 4.90 Å². The van der Waals surface area contributed by atoms with Crippen molar-refractivity contribution in [3.8, 4) is 0 Å². The van der Waals surface area contributed by atoms with Crippen LogP contribution in [0.1, 0.15) is 23.2 Å². The van der Waals surface area contributed by atoms with E-state index in [1.807, 2.05) is 0 Å². The molecule has 1 aliphatic rings. The lowest BCUT2D eigenvalue weighted by Gasteiger charge is -2.27. The Hall–Kier alpha value is -1.71. The first-order valence-electron chi connectivity index (χ1n) is 4.98. The minimum atomic E-state index is 0.509. The monoisotopic (exact) mass is 203 g/mol. The number of hydrogen-bond donors (Lipinski definition) is 0. The third kappa shape index (κ3) is 2.21. The molecule has 0 spiro atoms. The van der Waals surface area contributed by atoms with Crippen molar-refractivity contribution >= 4 is 12.2 Å². The highest BCUT2D eigenvalue weighted by Crippen LogP contribution is 2.17. The molecule has 0 amide bonds. The molecule has 0 saturated carbocycles. The highest BCUT2D eigenvalue weighted by molar-refractivity contribution is 5.73. The zero-order valence-corrected chi connectivity index (χ0v) is 8.52. The number of hydrogen-bond acceptors (Lipinski definition) is 4. The number of nitrogens with zero attached hydrogens (tertiary/aromatic N) is 3. The quantitative estimate of drug-likeness (QED) is 0.539. The zero-order valence-electron chi connectivity index (χ0n) is 8.52. The van der Waals surface area contributed by atoms with Crippen molar-refractivity contribution in [3.05, 3.63) is 30.1 Å². The summed E-state index contributed by atoms with van der Waals surface area (Å²) in [6.07, 6.45) is 6.03. The van der Waals surface area contributed by atoms with Gasteiger partial charge in [0.25, 0.3) is 0 Å². The van der Waals surface area contributed by atoms with E-state index in [4.69, 9.17) is 0 Å². The average Bonchev–Trinajstić information content (AvgIpc) is 2.29. The van der Waals surface area contributed by atoms with Crippen LogP contribution in [0.3, 0.4) is 0 Å². The molecule has 0 aliphatic carbocycles. The molecule has 1 aromatic rings. The Morgan fingerprint density at radius 2 is 2.13 bits per heavy atom. The largest absolute Gasteiger partial charge is 0.337 e. The molecule has 78 valence electrons. The number of piperidine rings is 1. The molecule has 1 aliphatic heterocycles. The first kappa shape index (κ1) is 9.83.